The molecule has 2 aliphatic heterocycles. The van der Waals surface area contributed by atoms with E-state index in [9.17, 15) is 4.79 Å². The maximum absolute atomic E-state index is 12.8. The Balaban J connectivity index is 1.39. The molecule has 0 radical (unpaired) electrons. The van der Waals surface area contributed by atoms with Crippen LogP contribution < -0.4 is 9.47 Å². The van der Waals surface area contributed by atoms with Crippen LogP contribution in [0.4, 0.5) is 0 Å². The van der Waals surface area contributed by atoms with Crippen LogP contribution in [0.2, 0.25) is 0 Å². The van der Waals surface area contributed by atoms with Crippen LogP contribution in [0.25, 0.3) is 6.08 Å². The second-order valence-electron chi connectivity index (χ2n) is 7.70. The predicted octanol–water partition coefficient (Wildman–Crippen LogP) is 5.33. The normalized spacial score (nSPS) is 16.1. The molecular weight excluding hydrogens is 460 g/mol. The monoisotopic (exact) mass is 482 g/mol. The van der Waals surface area contributed by atoms with Crippen LogP contribution in [-0.2, 0) is 11.4 Å². The Morgan fingerprint density at radius 3 is 2.46 bits per heavy atom. The number of aliphatic imine (C=N–C) groups is 1. The Labute approximate surface area is 207 Å². The first-order valence-corrected chi connectivity index (χ1v) is 11.9. The molecule has 0 bridgehead atoms. The third-order valence-electron chi connectivity index (χ3n) is 5.29. The highest BCUT2D eigenvalue weighted by Crippen LogP contribution is 2.33. The molecule has 0 saturated carbocycles. The van der Waals surface area contributed by atoms with E-state index in [1.807, 2.05) is 79.7 Å². The molecule has 0 unspecified atom stereocenters. The number of carbonyl (C=O) groups is 1. The highest BCUT2D eigenvalue weighted by atomic mass is 32.2. The molecule has 0 spiro atoms. The summed E-state index contributed by atoms with van der Waals surface area (Å²) in [6.45, 7) is 2.78. The Morgan fingerprint density at radius 1 is 0.971 bits per heavy atom. The van der Waals surface area contributed by atoms with E-state index in [4.69, 9.17) is 14.9 Å². The van der Waals surface area contributed by atoms with Crippen molar-refractivity contribution in [2.45, 2.75) is 13.5 Å². The number of benzene rings is 3. The number of hydrogen-bond donors (Lipinski definition) is 1. The van der Waals surface area contributed by atoms with Crippen LogP contribution in [0, 0.1) is 5.41 Å². The molecular formula is C27H22N4O3S. The van der Waals surface area contributed by atoms with Gasteiger partial charge in [0.25, 0.3) is 5.91 Å². The lowest BCUT2D eigenvalue weighted by Gasteiger charge is -2.20. The van der Waals surface area contributed by atoms with Crippen molar-refractivity contribution < 1.29 is 14.3 Å². The van der Waals surface area contributed by atoms with Gasteiger partial charge in [-0.15, -0.1) is 0 Å². The summed E-state index contributed by atoms with van der Waals surface area (Å²) in [4.78, 5) is 17.0. The molecule has 3 aromatic carbocycles. The highest BCUT2D eigenvalue weighted by Gasteiger charge is 2.36. The van der Waals surface area contributed by atoms with Gasteiger partial charge >= 0.3 is 0 Å². The summed E-state index contributed by atoms with van der Waals surface area (Å²) >= 11 is 1.28. The zero-order valence-corrected chi connectivity index (χ0v) is 19.8. The van der Waals surface area contributed by atoms with Gasteiger partial charge in [0.05, 0.1) is 12.2 Å². The first kappa shape index (κ1) is 22.6. The summed E-state index contributed by atoms with van der Waals surface area (Å²) in [5, 5.41) is 15.6. The summed E-state index contributed by atoms with van der Waals surface area (Å²) in [5.41, 5.74) is 2.82. The van der Waals surface area contributed by atoms with E-state index in [1.165, 1.54) is 16.8 Å². The van der Waals surface area contributed by atoms with E-state index in [1.54, 1.807) is 12.1 Å². The Hall–Kier alpha value is -4.17. The number of fused-ring (bicyclic) bond motifs is 1. The summed E-state index contributed by atoms with van der Waals surface area (Å²) in [6, 6.07) is 25.0. The summed E-state index contributed by atoms with van der Waals surface area (Å²) in [7, 11) is 0. The minimum atomic E-state index is -0.472. The number of carbonyl (C=O) groups excluding carboxylic acids is 1. The Kier molecular flexibility index (Phi) is 6.45. The molecule has 35 heavy (non-hydrogen) atoms. The number of ether oxygens (including phenoxy) is 2. The van der Waals surface area contributed by atoms with Gasteiger partial charge in [0.2, 0.25) is 5.17 Å². The first-order valence-electron chi connectivity index (χ1n) is 11.1. The molecule has 0 atom stereocenters. The number of hydrogen-bond acceptors (Lipinski definition) is 6. The SMILES string of the molecule is CCOc1cc(/C=C2\C(=N)N3N=C(c4ccccc4)SC3=NC2=O)ccc1OCc1ccccc1. The van der Waals surface area contributed by atoms with Crippen molar-refractivity contribution in [3.05, 3.63) is 101 Å². The van der Waals surface area contributed by atoms with Crippen molar-refractivity contribution in [3.8, 4) is 11.5 Å². The molecule has 0 aliphatic carbocycles. The van der Waals surface area contributed by atoms with Gasteiger partial charge in [-0.1, -0.05) is 66.7 Å². The third kappa shape index (κ3) is 4.88. The second kappa shape index (κ2) is 9.99. The molecule has 3 aromatic rings. The topological polar surface area (TPSA) is 87.3 Å². The van der Waals surface area contributed by atoms with Crippen molar-refractivity contribution >= 4 is 39.8 Å². The minimum absolute atomic E-state index is 0.0132. The van der Waals surface area contributed by atoms with Gasteiger partial charge < -0.3 is 9.47 Å². The van der Waals surface area contributed by atoms with Crippen LogP contribution in [0.3, 0.4) is 0 Å². The van der Waals surface area contributed by atoms with E-state index in [0.29, 0.717) is 40.5 Å². The lowest BCUT2D eigenvalue weighted by molar-refractivity contribution is -0.114. The number of hydrazone groups is 1. The predicted molar refractivity (Wildman–Crippen MR) is 139 cm³/mol. The lowest BCUT2D eigenvalue weighted by Crippen LogP contribution is -2.35. The van der Waals surface area contributed by atoms with Crippen molar-refractivity contribution in [1.29, 1.82) is 5.41 Å². The van der Waals surface area contributed by atoms with E-state index < -0.39 is 5.91 Å². The molecule has 1 N–H and O–H groups in total. The number of nitrogens with one attached hydrogen (secondary N) is 1. The van der Waals surface area contributed by atoms with Crippen LogP contribution >= 0.6 is 11.8 Å². The third-order valence-corrected chi connectivity index (χ3v) is 6.25. The molecule has 5 rings (SSSR count). The van der Waals surface area contributed by atoms with E-state index in [0.717, 1.165) is 11.1 Å². The lowest BCUT2D eigenvalue weighted by atomic mass is 10.1. The summed E-state index contributed by atoms with van der Waals surface area (Å²) in [6.07, 6.45) is 1.63. The van der Waals surface area contributed by atoms with Crippen LogP contribution in [0.1, 0.15) is 23.6 Å². The number of nitrogens with zero attached hydrogens (tertiary/aromatic N) is 3. The first-order chi connectivity index (χ1) is 17.1. The van der Waals surface area contributed by atoms with E-state index in [2.05, 4.69) is 10.1 Å². The molecule has 2 heterocycles. The van der Waals surface area contributed by atoms with Gasteiger partial charge in [-0.25, -0.2) is 0 Å². The maximum atomic E-state index is 12.8. The second-order valence-corrected chi connectivity index (χ2v) is 8.66. The van der Waals surface area contributed by atoms with Crippen LogP contribution in [-0.4, -0.2) is 33.6 Å². The fraction of sp³-hybridized carbons (Fsp3) is 0.111. The number of amides is 1. The van der Waals surface area contributed by atoms with Crippen LogP contribution in [0.15, 0.2) is 94.5 Å². The van der Waals surface area contributed by atoms with Gasteiger partial charge in [0, 0.05) is 5.56 Å². The van der Waals surface area contributed by atoms with Gasteiger partial charge in [0.15, 0.2) is 17.3 Å². The maximum Gasteiger partial charge on any atom is 0.283 e. The minimum Gasteiger partial charge on any atom is -0.490 e. The number of thioether (sulfide) groups is 1. The molecule has 1 amide bonds. The number of amidine groups is 2. The molecule has 0 aromatic heterocycles. The van der Waals surface area contributed by atoms with Gasteiger partial charge in [-0.3, -0.25) is 10.2 Å². The largest absolute Gasteiger partial charge is 0.490 e. The average molecular weight is 483 g/mol. The molecule has 8 heteroatoms. The van der Waals surface area contributed by atoms with E-state index >= 15 is 0 Å². The van der Waals surface area contributed by atoms with Crippen LogP contribution in [0.5, 0.6) is 11.5 Å². The zero-order valence-electron chi connectivity index (χ0n) is 19.0. The smallest absolute Gasteiger partial charge is 0.283 e. The Bertz CT molecular complexity index is 1370. The molecule has 174 valence electrons. The van der Waals surface area contributed by atoms with Crippen molar-refractivity contribution in [2.75, 3.05) is 6.61 Å². The fourth-order valence-corrected chi connectivity index (χ4v) is 4.49. The van der Waals surface area contributed by atoms with Crippen molar-refractivity contribution in [3.63, 3.8) is 0 Å². The van der Waals surface area contributed by atoms with Gasteiger partial charge in [0.1, 0.15) is 11.7 Å². The standard InChI is InChI=1S/C27H22N4O3S/c1-2-33-23-16-19(13-14-22(23)34-17-18-9-5-3-6-10-18)15-21-24(28)31-27(29-25(21)32)35-26(30-31)20-11-7-4-8-12-20/h3-16,28H,2,17H2,1H3/b21-15+,28-24?. The van der Waals surface area contributed by atoms with E-state index in [-0.39, 0.29) is 11.4 Å². The van der Waals surface area contributed by atoms with Gasteiger partial charge in [-0.2, -0.15) is 15.1 Å². The average Bonchev–Trinajstić information content (AvgIpc) is 3.32. The molecule has 2 aliphatic rings. The molecule has 0 fully saturated rings. The fourth-order valence-electron chi connectivity index (χ4n) is 3.59. The zero-order chi connectivity index (χ0) is 24.2. The Morgan fingerprint density at radius 2 is 1.71 bits per heavy atom. The summed E-state index contributed by atoms with van der Waals surface area (Å²) < 4.78 is 11.8. The van der Waals surface area contributed by atoms with Crippen molar-refractivity contribution in [2.24, 2.45) is 10.1 Å². The highest BCUT2D eigenvalue weighted by molar-refractivity contribution is 8.27. The quantitative estimate of drug-likeness (QED) is 0.460. The molecule has 7 nitrogen and oxygen atoms in total. The van der Waals surface area contributed by atoms with Crippen molar-refractivity contribution in [1.82, 2.24) is 5.01 Å². The summed E-state index contributed by atoms with van der Waals surface area (Å²) in [5.74, 6) is 0.690. The van der Waals surface area contributed by atoms with Gasteiger partial charge in [-0.05, 0) is 48.0 Å². The molecule has 0 saturated heterocycles. The number of rotatable bonds is 7.